The maximum Gasteiger partial charge on any atom is 0.263 e. The molecule has 2 aromatic rings. The van der Waals surface area contributed by atoms with Crippen LogP contribution in [0.4, 0.5) is 0 Å². The van der Waals surface area contributed by atoms with E-state index in [0.717, 1.165) is 31.0 Å². The number of carbonyl (C=O) groups excluding carboxylic acids is 1. The minimum atomic E-state index is -0.337. The van der Waals surface area contributed by atoms with Crippen molar-refractivity contribution < 1.29 is 9.53 Å². The fourth-order valence-electron chi connectivity index (χ4n) is 3.91. The number of hydrogen-bond acceptors (Lipinski definition) is 4. The second kappa shape index (κ2) is 7.33. The lowest BCUT2D eigenvalue weighted by molar-refractivity contribution is 0.0944. The topological polar surface area (TPSA) is 72.4 Å². The van der Waals surface area contributed by atoms with Crippen LogP contribution in [0.1, 0.15) is 28.4 Å². The van der Waals surface area contributed by atoms with Gasteiger partial charge in [-0.05, 0) is 43.1 Å². The lowest BCUT2D eigenvalue weighted by Gasteiger charge is -2.37. The van der Waals surface area contributed by atoms with Gasteiger partial charge in [0.05, 0.1) is 6.54 Å². The molecular formula is C20H23N3O3. The monoisotopic (exact) mass is 353 g/mol. The van der Waals surface area contributed by atoms with Gasteiger partial charge in [-0.2, -0.15) is 0 Å². The molecule has 6 nitrogen and oxygen atoms in total. The van der Waals surface area contributed by atoms with E-state index in [4.69, 9.17) is 4.74 Å². The molecule has 0 spiro atoms. The highest BCUT2D eigenvalue weighted by molar-refractivity contribution is 5.93. The summed E-state index contributed by atoms with van der Waals surface area (Å²) >= 11 is 0. The fraction of sp³-hybridized carbons (Fsp3) is 0.400. The Morgan fingerprint density at radius 3 is 2.88 bits per heavy atom. The highest BCUT2D eigenvalue weighted by Gasteiger charge is 2.31. The number of piperidine rings is 1. The molecule has 1 amide bonds. The van der Waals surface area contributed by atoms with Crippen molar-refractivity contribution in [2.24, 2.45) is 5.92 Å². The number of fused-ring (bicyclic) bond motifs is 4. The van der Waals surface area contributed by atoms with Crippen LogP contribution in [-0.2, 0) is 6.54 Å². The minimum Gasteiger partial charge on any atom is -0.492 e. The predicted molar refractivity (Wildman–Crippen MR) is 98.7 cm³/mol. The molecule has 6 heteroatoms. The SMILES string of the molecule is O=C(NCCOc1ccccc1)c1ccc2n(c1=O)C[C@@H]1CNC[C@H]2C1. The number of pyridine rings is 1. The van der Waals surface area contributed by atoms with E-state index in [2.05, 4.69) is 10.6 Å². The van der Waals surface area contributed by atoms with E-state index >= 15 is 0 Å². The molecule has 1 fully saturated rings. The molecule has 2 atom stereocenters. The molecular weight excluding hydrogens is 330 g/mol. The Bertz CT molecular complexity index is 847. The number of hydrogen-bond donors (Lipinski definition) is 2. The molecule has 2 aliphatic rings. The molecule has 2 N–H and O–H groups in total. The van der Waals surface area contributed by atoms with Gasteiger partial charge >= 0.3 is 0 Å². The van der Waals surface area contributed by atoms with E-state index in [1.54, 1.807) is 10.6 Å². The van der Waals surface area contributed by atoms with Gasteiger partial charge in [-0.15, -0.1) is 0 Å². The van der Waals surface area contributed by atoms with Gasteiger partial charge in [0.15, 0.2) is 0 Å². The number of para-hydroxylation sites is 1. The van der Waals surface area contributed by atoms with Crippen LogP contribution in [0.5, 0.6) is 5.75 Å². The largest absolute Gasteiger partial charge is 0.492 e. The molecule has 0 unspecified atom stereocenters. The van der Waals surface area contributed by atoms with Gasteiger partial charge < -0.3 is 19.9 Å². The Morgan fingerprint density at radius 2 is 2.04 bits per heavy atom. The number of ether oxygens (including phenoxy) is 1. The van der Waals surface area contributed by atoms with E-state index in [9.17, 15) is 9.59 Å². The van der Waals surface area contributed by atoms with E-state index in [1.165, 1.54) is 0 Å². The summed E-state index contributed by atoms with van der Waals surface area (Å²) in [5.74, 6) is 1.26. The Labute approximate surface area is 152 Å². The van der Waals surface area contributed by atoms with Crippen LogP contribution < -0.4 is 20.9 Å². The van der Waals surface area contributed by atoms with Crippen molar-refractivity contribution in [1.29, 1.82) is 0 Å². The molecule has 0 radical (unpaired) electrons. The van der Waals surface area contributed by atoms with Crippen LogP contribution in [-0.4, -0.2) is 36.7 Å². The summed E-state index contributed by atoms with van der Waals surface area (Å²) in [5, 5.41) is 6.20. The van der Waals surface area contributed by atoms with E-state index < -0.39 is 0 Å². The summed E-state index contributed by atoms with van der Waals surface area (Å²) < 4.78 is 7.36. The summed E-state index contributed by atoms with van der Waals surface area (Å²) in [4.78, 5) is 25.2. The summed E-state index contributed by atoms with van der Waals surface area (Å²) in [5.41, 5.74) is 1.07. The normalized spacial score (nSPS) is 20.9. The van der Waals surface area contributed by atoms with Gasteiger partial charge in [0.2, 0.25) is 0 Å². The first kappa shape index (κ1) is 16.8. The predicted octanol–water partition coefficient (Wildman–Crippen LogP) is 1.36. The van der Waals surface area contributed by atoms with Crippen LogP contribution in [0.25, 0.3) is 0 Å². The number of aromatic nitrogens is 1. The minimum absolute atomic E-state index is 0.180. The van der Waals surface area contributed by atoms with Gasteiger partial charge in [0, 0.05) is 24.7 Å². The van der Waals surface area contributed by atoms with Gasteiger partial charge in [0.25, 0.3) is 11.5 Å². The molecule has 2 bridgehead atoms. The van der Waals surface area contributed by atoms with Gasteiger partial charge in [0.1, 0.15) is 17.9 Å². The average molecular weight is 353 g/mol. The number of carbonyl (C=O) groups is 1. The lowest BCUT2D eigenvalue weighted by Crippen LogP contribution is -2.46. The number of nitrogens with one attached hydrogen (secondary N) is 2. The van der Waals surface area contributed by atoms with Gasteiger partial charge in [-0.25, -0.2) is 0 Å². The van der Waals surface area contributed by atoms with Crippen molar-refractivity contribution in [2.45, 2.75) is 18.9 Å². The van der Waals surface area contributed by atoms with Crippen molar-refractivity contribution in [3.8, 4) is 5.75 Å². The maximum atomic E-state index is 12.8. The number of rotatable bonds is 5. The average Bonchev–Trinajstić information content (AvgIpc) is 2.67. The standard InChI is InChI=1S/C20H23N3O3/c24-19(22-8-9-26-16-4-2-1-3-5-16)17-6-7-18-15-10-14(11-21-12-15)13-23(18)20(17)25/h1-7,14-15,21H,8-13H2,(H,22,24)/t14-,15+/m0/s1. The van der Waals surface area contributed by atoms with Crippen LogP contribution in [0.3, 0.4) is 0 Å². The molecule has 3 heterocycles. The van der Waals surface area contributed by atoms with Gasteiger partial charge in [-0.3, -0.25) is 9.59 Å². The molecule has 1 aromatic carbocycles. The first-order valence-electron chi connectivity index (χ1n) is 9.13. The highest BCUT2D eigenvalue weighted by Crippen LogP contribution is 2.31. The third-order valence-electron chi connectivity index (χ3n) is 5.15. The molecule has 1 saturated heterocycles. The van der Waals surface area contributed by atoms with Crippen molar-refractivity contribution in [3.05, 3.63) is 64.1 Å². The number of amides is 1. The van der Waals surface area contributed by atoms with E-state index in [-0.39, 0.29) is 17.0 Å². The zero-order valence-corrected chi connectivity index (χ0v) is 14.6. The Kier molecular flexibility index (Phi) is 4.75. The molecule has 4 rings (SSSR count). The maximum absolute atomic E-state index is 12.8. The summed E-state index contributed by atoms with van der Waals surface area (Å²) in [7, 11) is 0. The zero-order chi connectivity index (χ0) is 17.9. The Morgan fingerprint density at radius 1 is 1.19 bits per heavy atom. The second-order valence-corrected chi connectivity index (χ2v) is 6.96. The van der Waals surface area contributed by atoms with E-state index in [0.29, 0.717) is 31.5 Å². The summed E-state index contributed by atoms with van der Waals surface area (Å²) in [6.07, 6.45) is 1.12. The third-order valence-corrected chi connectivity index (χ3v) is 5.15. The zero-order valence-electron chi connectivity index (χ0n) is 14.6. The van der Waals surface area contributed by atoms with Crippen LogP contribution >= 0.6 is 0 Å². The van der Waals surface area contributed by atoms with Crippen molar-refractivity contribution in [3.63, 3.8) is 0 Å². The molecule has 26 heavy (non-hydrogen) atoms. The molecule has 0 saturated carbocycles. The quantitative estimate of drug-likeness (QED) is 0.797. The smallest absolute Gasteiger partial charge is 0.263 e. The van der Waals surface area contributed by atoms with Gasteiger partial charge in [-0.1, -0.05) is 18.2 Å². The lowest BCUT2D eigenvalue weighted by atomic mass is 9.84. The van der Waals surface area contributed by atoms with Crippen molar-refractivity contribution in [1.82, 2.24) is 15.2 Å². The summed E-state index contributed by atoms with van der Waals surface area (Å²) in [6.45, 7) is 3.24. The highest BCUT2D eigenvalue weighted by atomic mass is 16.5. The molecule has 1 aromatic heterocycles. The molecule has 0 aliphatic carbocycles. The first-order chi connectivity index (χ1) is 12.7. The number of benzene rings is 1. The van der Waals surface area contributed by atoms with Crippen LogP contribution in [0.15, 0.2) is 47.3 Å². The van der Waals surface area contributed by atoms with Crippen molar-refractivity contribution in [2.75, 3.05) is 26.2 Å². The Hall–Kier alpha value is -2.60. The molecule has 136 valence electrons. The summed E-state index contributed by atoms with van der Waals surface area (Å²) in [6, 6.07) is 13.0. The van der Waals surface area contributed by atoms with Crippen LogP contribution in [0.2, 0.25) is 0 Å². The van der Waals surface area contributed by atoms with Crippen molar-refractivity contribution >= 4 is 5.91 Å². The number of nitrogens with zero attached hydrogens (tertiary/aromatic N) is 1. The Balaban J connectivity index is 1.41. The second-order valence-electron chi connectivity index (χ2n) is 6.96. The molecule has 2 aliphatic heterocycles. The van der Waals surface area contributed by atoms with E-state index in [1.807, 2.05) is 36.4 Å². The fourth-order valence-corrected chi connectivity index (χ4v) is 3.91. The van der Waals surface area contributed by atoms with Crippen LogP contribution in [0, 0.1) is 5.92 Å². The third kappa shape index (κ3) is 3.37. The first-order valence-corrected chi connectivity index (χ1v) is 9.13.